The van der Waals surface area contributed by atoms with E-state index in [0.717, 1.165) is 18.6 Å². The minimum Gasteiger partial charge on any atom is -0.493 e. The van der Waals surface area contributed by atoms with E-state index in [2.05, 4.69) is 4.98 Å². The van der Waals surface area contributed by atoms with Crippen molar-refractivity contribution in [1.82, 2.24) is 9.29 Å². The molecular formula is C17H20N2O3S. The summed E-state index contributed by atoms with van der Waals surface area (Å²) in [6.45, 7) is 1.59. The van der Waals surface area contributed by atoms with Crippen LogP contribution in [0.25, 0.3) is 0 Å². The van der Waals surface area contributed by atoms with Crippen LogP contribution in [0.3, 0.4) is 0 Å². The summed E-state index contributed by atoms with van der Waals surface area (Å²) in [6, 6.07) is 12.2. The zero-order valence-electron chi connectivity index (χ0n) is 12.8. The largest absolute Gasteiger partial charge is 0.493 e. The number of hydrogen-bond acceptors (Lipinski definition) is 4. The first kappa shape index (κ1) is 16.0. The van der Waals surface area contributed by atoms with Gasteiger partial charge in [0.15, 0.2) is 0 Å². The lowest BCUT2D eigenvalue weighted by Crippen LogP contribution is -2.41. The summed E-state index contributed by atoms with van der Waals surface area (Å²) in [5.41, 5.74) is 0. The van der Waals surface area contributed by atoms with E-state index < -0.39 is 10.0 Å². The highest BCUT2D eigenvalue weighted by Gasteiger charge is 2.30. The molecule has 0 aliphatic carbocycles. The number of piperidine rings is 1. The van der Waals surface area contributed by atoms with Crippen molar-refractivity contribution in [3.8, 4) is 5.75 Å². The van der Waals surface area contributed by atoms with Crippen molar-refractivity contribution in [2.75, 3.05) is 19.7 Å². The highest BCUT2D eigenvalue weighted by Crippen LogP contribution is 2.24. The van der Waals surface area contributed by atoms with Crippen molar-refractivity contribution in [2.45, 2.75) is 17.7 Å². The fraction of sp³-hybridized carbons (Fsp3) is 0.353. The molecule has 23 heavy (non-hydrogen) atoms. The van der Waals surface area contributed by atoms with Crippen LogP contribution in [0.5, 0.6) is 5.75 Å². The summed E-state index contributed by atoms with van der Waals surface area (Å²) >= 11 is 0. The molecule has 0 saturated carbocycles. The monoisotopic (exact) mass is 332 g/mol. The van der Waals surface area contributed by atoms with Gasteiger partial charge in [0.25, 0.3) is 0 Å². The van der Waals surface area contributed by atoms with Gasteiger partial charge in [-0.05, 0) is 37.1 Å². The van der Waals surface area contributed by atoms with Crippen LogP contribution in [-0.2, 0) is 10.0 Å². The van der Waals surface area contributed by atoms with Gasteiger partial charge in [0.05, 0.1) is 11.5 Å². The molecule has 2 heterocycles. The van der Waals surface area contributed by atoms with Crippen molar-refractivity contribution < 1.29 is 13.2 Å². The molecule has 1 unspecified atom stereocenters. The summed E-state index contributed by atoms with van der Waals surface area (Å²) in [4.78, 5) is 4.31. The van der Waals surface area contributed by atoms with Crippen LogP contribution in [0.1, 0.15) is 12.8 Å². The number of aromatic nitrogens is 1. The Balaban J connectivity index is 1.64. The van der Waals surface area contributed by atoms with Gasteiger partial charge < -0.3 is 4.74 Å². The van der Waals surface area contributed by atoms with Crippen LogP contribution >= 0.6 is 0 Å². The van der Waals surface area contributed by atoms with Gasteiger partial charge in [0.1, 0.15) is 5.75 Å². The van der Waals surface area contributed by atoms with Crippen molar-refractivity contribution in [3.05, 3.63) is 54.9 Å². The lowest BCUT2D eigenvalue weighted by atomic mass is 10.0. The smallest absolute Gasteiger partial charge is 0.243 e. The van der Waals surface area contributed by atoms with Gasteiger partial charge in [-0.25, -0.2) is 8.42 Å². The molecule has 0 radical (unpaired) electrons. The zero-order chi connectivity index (χ0) is 16.1. The average Bonchev–Trinajstić information content (AvgIpc) is 2.62. The second-order valence-corrected chi connectivity index (χ2v) is 7.62. The minimum atomic E-state index is -3.41. The lowest BCUT2D eigenvalue weighted by Gasteiger charge is -2.31. The predicted molar refractivity (Wildman–Crippen MR) is 87.7 cm³/mol. The third-order valence-corrected chi connectivity index (χ3v) is 5.88. The maximum Gasteiger partial charge on any atom is 0.243 e. The molecule has 1 aromatic carbocycles. The molecule has 122 valence electrons. The van der Waals surface area contributed by atoms with Gasteiger partial charge in [-0.15, -0.1) is 0 Å². The Morgan fingerprint density at radius 2 is 1.87 bits per heavy atom. The molecule has 0 spiro atoms. The molecule has 2 aromatic rings. The first-order valence-electron chi connectivity index (χ1n) is 7.74. The molecule has 0 N–H and O–H groups in total. The number of ether oxygens (including phenoxy) is 1. The van der Waals surface area contributed by atoms with Gasteiger partial charge >= 0.3 is 0 Å². The first-order valence-corrected chi connectivity index (χ1v) is 9.18. The van der Waals surface area contributed by atoms with E-state index in [-0.39, 0.29) is 5.92 Å². The molecule has 1 aliphatic rings. The van der Waals surface area contributed by atoms with Crippen molar-refractivity contribution >= 4 is 10.0 Å². The SMILES string of the molecule is O=S(=O)(c1ccccc1)N1CCCC(COc2ccncc2)C1. The summed E-state index contributed by atoms with van der Waals surface area (Å²) < 4.78 is 32.7. The van der Waals surface area contributed by atoms with E-state index in [1.54, 1.807) is 53.1 Å². The third kappa shape index (κ3) is 3.89. The van der Waals surface area contributed by atoms with Crippen molar-refractivity contribution in [2.24, 2.45) is 5.92 Å². The number of nitrogens with zero attached hydrogens (tertiary/aromatic N) is 2. The van der Waals surface area contributed by atoms with Gasteiger partial charge in [0.2, 0.25) is 10.0 Å². The molecule has 1 aliphatic heterocycles. The topological polar surface area (TPSA) is 59.5 Å². The maximum absolute atomic E-state index is 12.7. The van der Waals surface area contributed by atoms with E-state index in [9.17, 15) is 8.42 Å². The van der Waals surface area contributed by atoms with E-state index in [1.807, 2.05) is 6.07 Å². The van der Waals surface area contributed by atoms with Crippen LogP contribution in [0.2, 0.25) is 0 Å². The molecule has 1 saturated heterocycles. The normalized spacial score (nSPS) is 19.4. The number of sulfonamides is 1. The molecule has 0 bridgehead atoms. The second kappa shape index (κ2) is 7.10. The first-order chi connectivity index (χ1) is 11.2. The number of hydrogen-bond donors (Lipinski definition) is 0. The van der Waals surface area contributed by atoms with Gasteiger partial charge in [-0.2, -0.15) is 4.31 Å². The van der Waals surface area contributed by atoms with E-state index >= 15 is 0 Å². The molecule has 6 heteroatoms. The summed E-state index contributed by atoms with van der Waals surface area (Å²) in [5.74, 6) is 0.971. The number of pyridine rings is 1. The molecule has 1 fully saturated rings. The van der Waals surface area contributed by atoms with Crippen molar-refractivity contribution in [1.29, 1.82) is 0 Å². The summed E-state index contributed by atoms with van der Waals surface area (Å²) in [6.07, 6.45) is 5.20. The fourth-order valence-corrected chi connectivity index (χ4v) is 4.35. The molecule has 3 rings (SSSR count). The number of rotatable bonds is 5. The Kier molecular flexibility index (Phi) is 4.93. The average molecular weight is 332 g/mol. The van der Waals surface area contributed by atoms with Crippen LogP contribution < -0.4 is 4.74 Å². The van der Waals surface area contributed by atoms with E-state index in [4.69, 9.17) is 4.74 Å². The van der Waals surface area contributed by atoms with Gasteiger partial charge in [0, 0.05) is 31.4 Å². The van der Waals surface area contributed by atoms with Gasteiger partial charge in [-0.3, -0.25) is 4.98 Å². The Bertz CT molecular complexity index is 720. The van der Waals surface area contributed by atoms with Crippen LogP contribution in [0, 0.1) is 5.92 Å². The number of benzene rings is 1. The van der Waals surface area contributed by atoms with E-state index in [0.29, 0.717) is 24.6 Å². The standard InChI is InChI=1S/C17H20N2O3S/c20-23(21,17-6-2-1-3-7-17)19-12-4-5-15(13-19)14-22-16-8-10-18-11-9-16/h1-3,6-11,15H,4-5,12-14H2. The quantitative estimate of drug-likeness (QED) is 0.844. The van der Waals surface area contributed by atoms with Crippen LogP contribution in [0.15, 0.2) is 59.8 Å². The molecule has 5 nitrogen and oxygen atoms in total. The maximum atomic E-state index is 12.7. The Labute approximate surface area is 137 Å². The van der Waals surface area contributed by atoms with Crippen LogP contribution in [-0.4, -0.2) is 37.4 Å². The Morgan fingerprint density at radius 3 is 2.61 bits per heavy atom. The van der Waals surface area contributed by atoms with Gasteiger partial charge in [-0.1, -0.05) is 18.2 Å². The summed E-state index contributed by atoms with van der Waals surface area (Å²) in [7, 11) is -3.41. The highest BCUT2D eigenvalue weighted by molar-refractivity contribution is 7.89. The summed E-state index contributed by atoms with van der Waals surface area (Å²) in [5, 5.41) is 0. The minimum absolute atomic E-state index is 0.204. The molecule has 0 amide bonds. The Morgan fingerprint density at radius 1 is 1.13 bits per heavy atom. The van der Waals surface area contributed by atoms with Crippen molar-refractivity contribution in [3.63, 3.8) is 0 Å². The highest BCUT2D eigenvalue weighted by atomic mass is 32.2. The second-order valence-electron chi connectivity index (χ2n) is 5.68. The molecular weight excluding hydrogens is 312 g/mol. The molecule has 1 aromatic heterocycles. The Hall–Kier alpha value is -1.92. The van der Waals surface area contributed by atoms with E-state index in [1.165, 1.54) is 0 Å². The molecule has 1 atom stereocenters. The lowest BCUT2D eigenvalue weighted by molar-refractivity contribution is 0.180. The third-order valence-electron chi connectivity index (χ3n) is 4.00. The fourth-order valence-electron chi connectivity index (χ4n) is 2.77. The van der Waals surface area contributed by atoms with Crippen LogP contribution in [0.4, 0.5) is 0 Å². The zero-order valence-corrected chi connectivity index (χ0v) is 13.7. The predicted octanol–water partition coefficient (Wildman–Crippen LogP) is 2.56.